The van der Waals surface area contributed by atoms with Crippen molar-refractivity contribution in [1.82, 2.24) is 10.6 Å². The van der Waals surface area contributed by atoms with Crippen molar-refractivity contribution in [3.05, 3.63) is 0 Å². The number of hydrogen-bond acceptors (Lipinski definition) is 4. The summed E-state index contributed by atoms with van der Waals surface area (Å²) in [7, 11) is 1.14. The third-order valence-corrected chi connectivity index (χ3v) is 3.63. The quantitative estimate of drug-likeness (QED) is 0.750. The zero-order valence-corrected chi connectivity index (χ0v) is 12.3. The molecule has 1 aliphatic heterocycles. The molecule has 0 spiro atoms. The molecular formula is C13H21F3N2O3. The number of alkyl halides is 3. The van der Waals surface area contributed by atoms with Crippen molar-refractivity contribution in [2.45, 2.75) is 38.9 Å². The van der Waals surface area contributed by atoms with E-state index >= 15 is 0 Å². The lowest BCUT2D eigenvalue weighted by Gasteiger charge is -2.31. The normalized spacial score (nSPS) is 24.0. The maximum Gasteiger partial charge on any atom is 0.404 e. The first-order valence-corrected chi connectivity index (χ1v) is 6.80. The molecular weight excluding hydrogens is 289 g/mol. The third-order valence-electron chi connectivity index (χ3n) is 3.63. The van der Waals surface area contributed by atoms with Crippen LogP contribution >= 0.6 is 0 Å². The van der Waals surface area contributed by atoms with Crippen LogP contribution in [0.4, 0.5) is 13.2 Å². The number of methoxy groups -OCH3 is 1. The summed E-state index contributed by atoms with van der Waals surface area (Å²) in [5.41, 5.74) is -2.48. The third kappa shape index (κ3) is 3.87. The summed E-state index contributed by atoms with van der Waals surface area (Å²) in [5.74, 6) is -1.88. The fourth-order valence-electron chi connectivity index (χ4n) is 2.38. The highest BCUT2D eigenvalue weighted by Crippen LogP contribution is 2.43. The van der Waals surface area contributed by atoms with E-state index in [1.165, 1.54) is 0 Å². The van der Waals surface area contributed by atoms with Gasteiger partial charge >= 0.3 is 12.1 Å². The number of carbonyl (C=O) groups is 2. The molecule has 21 heavy (non-hydrogen) atoms. The van der Waals surface area contributed by atoms with Crippen LogP contribution < -0.4 is 10.6 Å². The van der Waals surface area contributed by atoms with Gasteiger partial charge in [0.2, 0.25) is 5.91 Å². The fraction of sp³-hybridized carbons (Fsp3) is 0.846. The van der Waals surface area contributed by atoms with E-state index in [1.807, 2.05) is 0 Å². The molecule has 1 aliphatic rings. The molecule has 0 aromatic heterocycles. The Hall–Kier alpha value is -1.31. The van der Waals surface area contributed by atoms with E-state index in [4.69, 9.17) is 0 Å². The van der Waals surface area contributed by atoms with E-state index in [0.717, 1.165) is 7.11 Å². The molecule has 5 nitrogen and oxygen atoms in total. The van der Waals surface area contributed by atoms with Crippen LogP contribution in [0.1, 0.15) is 26.7 Å². The first-order chi connectivity index (χ1) is 9.64. The van der Waals surface area contributed by atoms with Crippen molar-refractivity contribution >= 4 is 11.9 Å². The molecule has 1 fully saturated rings. The lowest BCUT2D eigenvalue weighted by molar-refractivity contribution is -0.216. The molecule has 1 heterocycles. The lowest BCUT2D eigenvalue weighted by Crippen LogP contribution is -2.56. The number of nitrogens with one attached hydrogen (secondary N) is 2. The van der Waals surface area contributed by atoms with Crippen LogP contribution in [0.2, 0.25) is 0 Å². The molecule has 1 amide bonds. The van der Waals surface area contributed by atoms with E-state index < -0.39 is 36.1 Å². The summed E-state index contributed by atoms with van der Waals surface area (Å²) >= 11 is 0. The van der Waals surface area contributed by atoms with Gasteiger partial charge in [0.15, 0.2) is 5.41 Å². The molecule has 8 heteroatoms. The standard InChI is InChI=1S/C13H21F3N2O3/c1-8(2)6-9(10(19)21-3)18-11(20)12(13(14,15)16)4-5-17-7-12/h8-9,17H,4-7H2,1-3H3,(H,18,20)/t9-,12?/m0/s1. The van der Waals surface area contributed by atoms with Crippen molar-refractivity contribution in [2.75, 3.05) is 20.2 Å². The Balaban J connectivity index is 2.91. The molecule has 122 valence electrons. The molecule has 2 atom stereocenters. The number of hydrogen-bond donors (Lipinski definition) is 2. The van der Waals surface area contributed by atoms with Crippen LogP contribution in [0.25, 0.3) is 0 Å². The van der Waals surface area contributed by atoms with Gasteiger partial charge < -0.3 is 15.4 Å². The predicted molar refractivity (Wildman–Crippen MR) is 69.4 cm³/mol. The Morgan fingerprint density at radius 2 is 2.00 bits per heavy atom. The van der Waals surface area contributed by atoms with E-state index in [1.54, 1.807) is 13.8 Å². The largest absolute Gasteiger partial charge is 0.467 e. The van der Waals surface area contributed by atoms with E-state index in [-0.39, 0.29) is 25.3 Å². The molecule has 1 rings (SSSR count). The molecule has 0 aromatic carbocycles. The van der Waals surface area contributed by atoms with Crippen LogP contribution in [0.5, 0.6) is 0 Å². The second-order valence-corrected chi connectivity index (χ2v) is 5.69. The van der Waals surface area contributed by atoms with Gasteiger partial charge in [0.05, 0.1) is 7.11 Å². The molecule has 0 aliphatic carbocycles. The number of rotatable bonds is 5. The van der Waals surface area contributed by atoms with E-state index in [0.29, 0.717) is 0 Å². The lowest BCUT2D eigenvalue weighted by atomic mass is 9.84. The van der Waals surface area contributed by atoms with Gasteiger partial charge in [-0.15, -0.1) is 0 Å². The van der Waals surface area contributed by atoms with Crippen molar-refractivity contribution in [3.8, 4) is 0 Å². The predicted octanol–water partition coefficient (Wildman–Crippen LogP) is 1.23. The molecule has 0 aromatic rings. The number of esters is 1. The van der Waals surface area contributed by atoms with Gasteiger partial charge in [-0.25, -0.2) is 4.79 Å². The molecule has 1 unspecified atom stereocenters. The molecule has 0 saturated carbocycles. The highest BCUT2D eigenvalue weighted by Gasteiger charge is 2.61. The Bertz CT molecular complexity index is 391. The van der Waals surface area contributed by atoms with Crippen LogP contribution in [-0.2, 0) is 14.3 Å². The Kier molecular flexibility index (Phi) is 5.61. The summed E-state index contributed by atoms with van der Waals surface area (Å²) in [5, 5.41) is 4.78. The van der Waals surface area contributed by atoms with Crippen LogP contribution in [0.15, 0.2) is 0 Å². The van der Waals surface area contributed by atoms with Crippen molar-refractivity contribution in [3.63, 3.8) is 0 Å². The van der Waals surface area contributed by atoms with Gasteiger partial charge in [0.1, 0.15) is 6.04 Å². The van der Waals surface area contributed by atoms with Crippen LogP contribution in [-0.4, -0.2) is 44.3 Å². The highest BCUT2D eigenvalue weighted by atomic mass is 19.4. The Morgan fingerprint density at radius 3 is 2.38 bits per heavy atom. The van der Waals surface area contributed by atoms with Crippen molar-refractivity contribution in [1.29, 1.82) is 0 Å². The Labute approximate surface area is 121 Å². The fourth-order valence-corrected chi connectivity index (χ4v) is 2.38. The number of amides is 1. The van der Waals surface area contributed by atoms with Gasteiger partial charge in [0.25, 0.3) is 0 Å². The van der Waals surface area contributed by atoms with Crippen LogP contribution in [0.3, 0.4) is 0 Å². The first-order valence-electron chi connectivity index (χ1n) is 6.80. The minimum absolute atomic E-state index is 0.0259. The maximum atomic E-state index is 13.2. The van der Waals surface area contributed by atoms with Crippen LogP contribution in [0, 0.1) is 11.3 Å². The zero-order chi connectivity index (χ0) is 16.3. The Morgan fingerprint density at radius 1 is 1.38 bits per heavy atom. The van der Waals surface area contributed by atoms with Crippen molar-refractivity contribution < 1.29 is 27.5 Å². The van der Waals surface area contributed by atoms with Gasteiger partial charge in [0, 0.05) is 6.54 Å². The van der Waals surface area contributed by atoms with Gasteiger partial charge in [-0.2, -0.15) is 13.2 Å². The number of halogens is 3. The smallest absolute Gasteiger partial charge is 0.404 e. The van der Waals surface area contributed by atoms with Crippen molar-refractivity contribution in [2.24, 2.45) is 11.3 Å². The number of ether oxygens (including phenoxy) is 1. The average molecular weight is 310 g/mol. The minimum atomic E-state index is -4.67. The molecule has 2 N–H and O–H groups in total. The molecule has 0 bridgehead atoms. The molecule has 0 radical (unpaired) electrons. The summed E-state index contributed by atoms with van der Waals surface area (Å²) in [6.45, 7) is 3.25. The summed E-state index contributed by atoms with van der Waals surface area (Å²) in [6, 6.07) is -1.07. The van der Waals surface area contributed by atoms with Gasteiger partial charge in [-0.3, -0.25) is 4.79 Å². The highest BCUT2D eigenvalue weighted by molar-refractivity contribution is 5.89. The molecule has 1 saturated heterocycles. The zero-order valence-electron chi connectivity index (χ0n) is 12.3. The summed E-state index contributed by atoms with van der Waals surface area (Å²) in [6.07, 6.45) is -4.78. The SMILES string of the molecule is COC(=O)[C@H](CC(C)C)NC(=O)C1(C(F)(F)F)CCNC1. The second kappa shape index (κ2) is 6.64. The topological polar surface area (TPSA) is 67.4 Å². The van der Waals surface area contributed by atoms with E-state index in [2.05, 4.69) is 15.4 Å². The summed E-state index contributed by atoms with van der Waals surface area (Å²) in [4.78, 5) is 23.8. The van der Waals surface area contributed by atoms with E-state index in [9.17, 15) is 22.8 Å². The maximum absolute atomic E-state index is 13.2. The number of carbonyl (C=O) groups excluding carboxylic acids is 2. The monoisotopic (exact) mass is 310 g/mol. The van der Waals surface area contributed by atoms with Gasteiger partial charge in [-0.05, 0) is 25.3 Å². The van der Waals surface area contributed by atoms with Gasteiger partial charge in [-0.1, -0.05) is 13.8 Å². The second-order valence-electron chi connectivity index (χ2n) is 5.69. The average Bonchev–Trinajstić information content (AvgIpc) is 2.86. The summed E-state index contributed by atoms with van der Waals surface area (Å²) < 4.78 is 44.3. The minimum Gasteiger partial charge on any atom is -0.467 e. The first kappa shape index (κ1) is 17.7.